The zero-order valence-electron chi connectivity index (χ0n) is 11.1. The molecule has 3 fully saturated rings. The average molecular weight is 252 g/mol. The Morgan fingerprint density at radius 3 is 3.00 bits per heavy atom. The highest BCUT2D eigenvalue weighted by atomic mass is 16.5. The number of morpholine rings is 1. The lowest BCUT2D eigenvalue weighted by molar-refractivity contribution is -0.136. The number of rotatable bonds is 2. The number of hydrogen-bond donors (Lipinski definition) is 1. The van der Waals surface area contributed by atoms with Crippen LogP contribution in [0.3, 0.4) is 0 Å². The van der Waals surface area contributed by atoms with Gasteiger partial charge in [-0.2, -0.15) is 0 Å². The van der Waals surface area contributed by atoms with E-state index in [9.17, 15) is 4.79 Å². The number of nitrogens with one attached hydrogen (secondary N) is 1. The van der Waals surface area contributed by atoms with Crippen LogP contribution < -0.4 is 5.32 Å². The van der Waals surface area contributed by atoms with E-state index in [0.717, 1.165) is 32.2 Å². The van der Waals surface area contributed by atoms with Crippen molar-refractivity contribution >= 4 is 5.91 Å². The van der Waals surface area contributed by atoms with E-state index in [1.54, 1.807) is 0 Å². The van der Waals surface area contributed by atoms with Crippen LogP contribution in [0.15, 0.2) is 0 Å². The molecule has 1 N–H and O–H groups in total. The summed E-state index contributed by atoms with van der Waals surface area (Å²) in [5.74, 6) is 1.10. The molecule has 2 saturated heterocycles. The van der Waals surface area contributed by atoms with Crippen molar-refractivity contribution in [2.45, 2.75) is 50.7 Å². The third-order valence-electron chi connectivity index (χ3n) is 4.74. The molecular formula is C14H24N2O2. The minimum Gasteiger partial charge on any atom is -0.375 e. The maximum absolute atomic E-state index is 12.4. The fourth-order valence-electron chi connectivity index (χ4n) is 3.78. The maximum Gasteiger partial charge on any atom is 0.225 e. The van der Waals surface area contributed by atoms with Crippen LogP contribution in [0, 0.1) is 5.92 Å². The second kappa shape index (κ2) is 5.57. The number of nitrogens with zero attached hydrogens (tertiary/aromatic N) is 1. The van der Waals surface area contributed by atoms with Crippen molar-refractivity contribution in [3.8, 4) is 0 Å². The summed E-state index contributed by atoms with van der Waals surface area (Å²) in [7, 11) is 0. The number of amides is 1. The van der Waals surface area contributed by atoms with Gasteiger partial charge in [-0.15, -0.1) is 0 Å². The molecular weight excluding hydrogens is 228 g/mol. The van der Waals surface area contributed by atoms with Crippen molar-refractivity contribution in [3.63, 3.8) is 0 Å². The van der Waals surface area contributed by atoms with Crippen LogP contribution in [0.4, 0.5) is 0 Å². The smallest absolute Gasteiger partial charge is 0.225 e. The predicted molar refractivity (Wildman–Crippen MR) is 69.3 cm³/mol. The minimum atomic E-state index is 0.0916. The molecule has 0 radical (unpaired) electrons. The Morgan fingerprint density at radius 2 is 2.17 bits per heavy atom. The van der Waals surface area contributed by atoms with Crippen molar-refractivity contribution in [1.82, 2.24) is 10.2 Å². The highest BCUT2D eigenvalue weighted by Crippen LogP contribution is 2.36. The molecule has 0 aromatic rings. The summed E-state index contributed by atoms with van der Waals surface area (Å²) in [6.07, 6.45) is 7.09. The molecule has 3 unspecified atom stereocenters. The quantitative estimate of drug-likeness (QED) is 0.802. The van der Waals surface area contributed by atoms with Crippen LogP contribution in [-0.2, 0) is 9.53 Å². The highest BCUT2D eigenvalue weighted by molar-refractivity contribution is 5.77. The average Bonchev–Trinajstić information content (AvgIpc) is 2.84. The summed E-state index contributed by atoms with van der Waals surface area (Å²) in [5.41, 5.74) is 0. The summed E-state index contributed by atoms with van der Waals surface area (Å²) in [4.78, 5) is 14.5. The zero-order valence-corrected chi connectivity index (χ0v) is 11.1. The van der Waals surface area contributed by atoms with E-state index < -0.39 is 0 Å². The summed E-state index contributed by atoms with van der Waals surface area (Å²) in [6.45, 7) is 3.46. The molecule has 3 atom stereocenters. The topological polar surface area (TPSA) is 41.6 Å². The fourth-order valence-corrected chi connectivity index (χ4v) is 3.78. The van der Waals surface area contributed by atoms with Gasteiger partial charge in [0.05, 0.1) is 19.1 Å². The van der Waals surface area contributed by atoms with E-state index in [0.29, 0.717) is 18.4 Å². The number of likely N-dealkylation sites (tertiary alicyclic amines) is 1. The Balaban J connectivity index is 1.55. The zero-order chi connectivity index (χ0) is 12.4. The molecule has 2 aliphatic heterocycles. The molecule has 2 heterocycles. The van der Waals surface area contributed by atoms with Crippen LogP contribution in [-0.4, -0.2) is 49.2 Å². The molecule has 18 heavy (non-hydrogen) atoms. The first-order chi connectivity index (χ1) is 8.84. The molecule has 0 bridgehead atoms. The second-order valence-corrected chi connectivity index (χ2v) is 5.89. The Kier molecular flexibility index (Phi) is 3.85. The van der Waals surface area contributed by atoms with E-state index >= 15 is 0 Å². The van der Waals surface area contributed by atoms with Crippen LogP contribution in [0.1, 0.15) is 38.5 Å². The Labute approximate surface area is 109 Å². The first-order valence-electron chi connectivity index (χ1n) is 7.46. The Hall–Kier alpha value is -0.610. The fraction of sp³-hybridized carbons (Fsp3) is 0.929. The van der Waals surface area contributed by atoms with Crippen molar-refractivity contribution in [2.24, 2.45) is 5.92 Å². The normalized spacial score (nSPS) is 36.4. The van der Waals surface area contributed by atoms with Gasteiger partial charge < -0.3 is 15.0 Å². The molecule has 4 nitrogen and oxygen atoms in total. The van der Waals surface area contributed by atoms with Crippen molar-refractivity contribution in [3.05, 3.63) is 0 Å². The monoisotopic (exact) mass is 252 g/mol. The van der Waals surface area contributed by atoms with Gasteiger partial charge in [-0.25, -0.2) is 0 Å². The number of hydrogen-bond acceptors (Lipinski definition) is 3. The van der Waals surface area contributed by atoms with Crippen molar-refractivity contribution in [2.75, 3.05) is 26.2 Å². The van der Waals surface area contributed by atoms with Crippen LogP contribution >= 0.6 is 0 Å². The molecule has 0 aromatic heterocycles. The van der Waals surface area contributed by atoms with Gasteiger partial charge >= 0.3 is 0 Å². The predicted octanol–water partition coefficient (Wildman–Crippen LogP) is 1.16. The van der Waals surface area contributed by atoms with Gasteiger partial charge in [0.15, 0.2) is 0 Å². The lowest BCUT2D eigenvalue weighted by Gasteiger charge is -2.33. The van der Waals surface area contributed by atoms with Crippen LogP contribution in [0.5, 0.6) is 0 Å². The number of carbonyl (C=O) groups is 1. The maximum atomic E-state index is 12.4. The summed E-state index contributed by atoms with van der Waals surface area (Å²) in [6, 6.07) is 0.544. The minimum absolute atomic E-state index is 0.0916. The molecule has 102 valence electrons. The van der Waals surface area contributed by atoms with Crippen molar-refractivity contribution < 1.29 is 9.53 Å². The first kappa shape index (κ1) is 12.4. The largest absolute Gasteiger partial charge is 0.375 e. The number of fused-ring (bicyclic) bond motifs is 1. The van der Waals surface area contributed by atoms with E-state index in [1.807, 2.05) is 0 Å². The van der Waals surface area contributed by atoms with Gasteiger partial charge in [-0.05, 0) is 25.2 Å². The van der Waals surface area contributed by atoms with E-state index in [4.69, 9.17) is 4.74 Å². The lowest BCUT2D eigenvalue weighted by Crippen LogP contribution is -2.44. The lowest BCUT2D eigenvalue weighted by atomic mass is 9.85. The SMILES string of the molecule is O=C(CC1CNCCO1)N1CCC2CCCCC21. The molecule has 3 rings (SSSR count). The van der Waals surface area contributed by atoms with Gasteiger partial charge in [0.25, 0.3) is 0 Å². The third kappa shape index (κ3) is 2.54. The third-order valence-corrected chi connectivity index (χ3v) is 4.74. The van der Waals surface area contributed by atoms with E-state index in [-0.39, 0.29) is 6.10 Å². The first-order valence-corrected chi connectivity index (χ1v) is 7.46. The van der Waals surface area contributed by atoms with E-state index in [1.165, 1.54) is 32.1 Å². The van der Waals surface area contributed by atoms with Gasteiger partial charge in [-0.1, -0.05) is 12.8 Å². The molecule has 1 aliphatic carbocycles. The van der Waals surface area contributed by atoms with Crippen LogP contribution in [0.2, 0.25) is 0 Å². The molecule has 1 saturated carbocycles. The summed E-state index contributed by atoms with van der Waals surface area (Å²) in [5, 5.41) is 3.29. The van der Waals surface area contributed by atoms with Gasteiger partial charge in [-0.3, -0.25) is 4.79 Å². The van der Waals surface area contributed by atoms with Gasteiger partial charge in [0.2, 0.25) is 5.91 Å². The van der Waals surface area contributed by atoms with Crippen LogP contribution in [0.25, 0.3) is 0 Å². The molecule has 1 amide bonds. The molecule has 3 aliphatic rings. The molecule has 0 spiro atoms. The number of carbonyl (C=O) groups excluding carboxylic acids is 1. The Bertz CT molecular complexity index is 302. The Morgan fingerprint density at radius 1 is 1.28 bits per heavy atom. The second-order valence-electron chi connectivity index (χ2n) is 5.89. The number of ether oxygens (including phenoxy) is 1. The molecule has 4 heteroatoms. The molecule has 0 aromatic carbocycles. The van der Waals surface area contributed by atoms with Crippen molar-refractivity contribution in [1.29, 1.82) is 0 Å². The standard InChI is InChI=1S/C14H24N2O2/c17-14(9-12-10-15-6-8-18-12)16-7-5-11-3-1-2-4-13(11)16/h11-13,15H,1-10H2. The van der Waals surface area contributed by atoms with Gasteiger partial charge in [0, 0.05) is 25.7 Å². The summed E-state index contributed by atoms with van der Waals surface area (Å²) >= 11 is 0. The summed E-state index contributed by atoms with van der Waals surface area (Å²) < 4.78 is 5.63. The van der Waals surface area contributed by atoms with E-state index in [2.05, 4.69) is 10.2 Å². The highest BCUT2D eigenvalue weighted by Gasteiger charge is 2.38. The van der Waals surface area contributed by atoms with Gasteiger partial charge in [0.1, 0.15) is 0 Å².